The quantitative estimate of drug-likeness (QED) is 0.548. The number of amides is 2. The monoisotopic (exact) mass is 432 g/mol. The van der Waals surface area contributed by atoms with Gasteiger partial charge in [-0.15, -0.1) is 0 Å². The van der Waals surface area contributed by atoms with Crippen molar-refractivity contribution in [1.29, 1.82) is 0 Å². The molecule has 0 bridgehead atoms. The van der Waals surface area contributed by atoms with E-state index in [1.165, 1.54) is 0 Å². The molecule has 0 aromatic heterocycles. The molecule has 3 aromatic rings. The van der Waals surface area contributed by atoms with E-state index in [2.05, 4.69) is 10.6 Å². The lowest BCUT2D eigenvalue weighted by atomic mass is 10.1. The first-order chi connectivity index (χ1) is 15.7. The van der Waals surface area contributed by atoms with Gasteiger partial charge in [0.05, 0.1) is 17.4 Å². The number of rotatable bonds is 8. The molecule has 4 rings (SSSR count). The molecule has 6 heteroatoms. The number of carbonyl (C=O) groups is 2. The predicted octanol–water partition coefficient (Wildman–Crippen LogP) is 4.54. The summed E-state index contributed by atoms with van der Waals surface area (Å²) in [4.78, 5) is 25.8. The second kappa shape index (κ2) is 10.3. The van der Waals surface area contributed by atoms with Crippen LogP contribution in [0, 0.1) is 0 Å². The summed E-state index contributed by atoms with van der Waals surface area (Å²) in [5, 5.41) is 7.80. The Morgan fingerprint density at radius 1 is 1.06 bits per heavy atom. The van der Waals surface area contributed by atoms with Crippen LogP contribution in [0.15, 0.2) is 66.7 Å². The molecule has 0 spiro atoms. The van der Waals surface area contributed by atoms with Gasteiger partial charge in [-0.3, -0.25) is 9.59 Å². The Bertz CT molecular complexity index is 1090. The highest BCUT2D eigenvalue weighted by atomic mass is 16.5. The zero-order chi connectivity index (χ0) is 22.3. The molecule has 2 atom stereocenters. The van der Waals surface area contributed by atoms with Crippen LogP contribution >= 0.6 is 0 Å². The van der Waals surface area contributed by atoms with Crippen molar-refractivity contribution in [3.63, 3.8) is 0 Å². The van der Waals surface area contributed by atoms with E-state index < -0.39 is 6.10 Å². The lowest BCUT2D eigenvalue weighted by Crippen LogP contribution is -2.35. The zero-order valence-corrected chi connectivity index (χ0v) is 18.2. The number of benzene rings is 3. The molecule has 1 fully saturated rings. The fourth-order valence-electron chi connectivity index (χ4n) is 3.88. The van der Waals surface area contributed by atoms with Gasteiger partial charge in [0.1, 0.15) is 5.75 Å². The molecular formula is C26H28N2O4. The number of hydrogen-bond acceptors (Lipinski definition) is 4. The highest BCUT2D eigenvalue weighted by Gasteiger charge is 2.22. The SMILES string of the molecule is CC[C@H](Oc1cccc2ccccc12)C(=O)Nc1ccccc1C(=O)NC[C@@H]1CCCO1. The highest BCUT2D eigenvalue weighted by molar-refractivity contribution is 6.04. The second-order valence-corrected chi connectivity index (χ2v) is 7.87. The van der Waals surface area contributed by atoms with Crippen LogP contribution in [0.25, 0.3) is 10.8 Å². The smallest absolute Gasteiger partial charge is 0.265 e. The minimum Gasteiger partial charge on any atom is -0.480 e. The van der Waals surface area contributed by atoms with Crippen molar-refractivity contribution in [2.24, 2.45) is 0 Å². The van der Waals surface area contributed by atoms with Crippen LogP contribution in [0.4, 0.5) is 5.69 Å². The summed E-state index contributed by atoms with van der Waals surface area (Å²) >= 11 is 0. The number of fused-ring (bicyclic) bond motifs is 1. The van der Waals surface area contributed by atoms with Gasteiger partial charge in [0, 0.05) is 18.5 Å². The Morgan fingerprint density at radius 2 is 1.84 bits per heavy atom. The molecule has 166 valence electrons. The molecule has 32 heavy (non-hydrogen) atoms. The summed E-state index contributed by atoms with van der Waals surface area (Å²) in [5.74, 6) is 0.131. The summed E-state index contributed by atoms with van der Waals surface area (Å²) in [6, 6.07) is 20.7. The van der Waals surface area contributed by atoms with Crippen LogP contribution in [0.3, 0.4) is 0 Å². The van der Waals surface area contributed by atoms with E-state index in [4.69, 9.17) is 9.47 Å². The summed E-state index contributed by atoms with van der Waals surface area (Å²) in [6.45, 7) is 3.10. The minimum atomic E-state index is -0.691. The van der Waals surface area contributed by atoms with E-state index >= 15 is 0 Å². The van der Waals surface area contributed by atoms with Gasteiger partial charge in [-0.05, 0) is 42.8 Å². The number of nitrogens with one attached hydrogen (secondary N) is 2. The molecule has 0 radical (unpaired) electrons. The van der Waals surface area contributed by atoms with Gasteiger partial charge in [-0.1, -0.05) is 55.5 Å². The highest BCUT2D eigenvalue weighted by Crippen LogP contribution is 2.27. The number of hydrogen-bond donors (Lipinski definition) is 2. The molecule has 0 aliphatic carbocycles. The molecule has 6 nitrogen and oxygen atoms in total. The molecule has 0 unspecified atom stereocenters. The maximum atomic E-state index is 13.0. The number of anilines is 1. The maximum absolute atomic E-state index is 13.0. The van der Waals surface area contributed by atoms with Crippen LogP contribution in [0.1, 0.15) is 36.5 Å². The van der Waals surface area contributed by atoms with Gasteiger partial charge in [0.25, 0.3) is 11.8 Å². The fourth-order valence-corrected chi connectivity index (χ4v) is 3.88. The largest absolute Gasteiger partial charge is 0.480 e. The van der Waals surface area contributed by atoms with Crippen molar-refractivity contribution in [3.8, 4) is 5.75 Å². The van der Waals surface area contributed by atoms with Gasteiger partial charge in [-0.2, -0.15) is 0 Å². The molecule has 1 aliphatic rings. The van der Waals surface area contributed by atoms with E-state index in [0.717, 1.165) is 30.2 Å². The summed E-state index contributed by atoms with van der Waals surface area (Å²) < 4.78 is 11.7. The van der Waals surface area contributed by atoms with Gasteiger partial charge in [0.2, 0.25) is 0 Å². The first-order valence-corrected chi connectivity index (χ1v) is 11.1. The molecule has 1 heterocycles. The van der Waals surface area contributed by atoms with Crippen molar-refractivity contribution in [2.75, 3.05) is 18.5 Å². The molecule has 1 aliphatic heterocycles. The minimum absolute atomic E-state index is 0.0549. The molecule has 1 saturated heterocycles. The van der Waals surface area contributed by atoms with Crippen molar-refractivity contribution >= 4 is 28.3 Å². The van der Waals surface area contributed by atoms with E-state index in [0.29, 0.717) is 30.0 Å². The molecule has 2 N–H and O–H groups in total. The Morgan fingerprint density at radius 3 is 2.66 bits per heavy atom. The molecular weight excluding hydrogens is 404 g/mol. The van der Waals surface area contributed by atoms with Crippen LogP contribution in [0.2, 0.25) is 0 Å². The average molecular weight is 433 g/mol. The van der Waals surface area contributed by atoms with Crippen molar-refractivity contribution in [2.45, 2.75) is 38.4 Å². The van der Waals surface area contributed by atoms with E-state index in [1.54, 1.807) is 24.3 Å². The van der Waals surface area contributed by atoms with Gasteiger partial charge >= 0.3 is 0 Å². The van der Waals surface area contributed by atoms with Crippen LogP contribution in [-0.2, 0) is 9.53 Å². The third kappa shape index (κ3) is 5.08. The third-order valence-electron chi connectivity index (χ3n) is 5.63. The standard InChI is InChI=1S/C26H28N2O4/c1-2-23(32-24-15-7-10-18-9-3-4-12-20(18)24)26(30)28-22-14-6-5-13-21(22)25(29)27-17-19-11-8-16-31-19/h3-7,9-10,12-15,19,23H,2,8,11,16-17H2,1H3,(H,27,29)(H,28,30)/t19-,23-/m0/s1. The van der Waals surface area contributed by atoms with Crippen molar-refractivity contribution < 1.29 is 19.1 Å². The number of para-hydroxylation sites is 1. The lowest BCUT2D eigenvalue weighted by Gasteiger charge is -2.19. The first kappa shape index (κ1) is 21.8. The third-order valence-corrected chi connectivity index (χ3v) is 5.63. The maximum Gasteiger partial charge on any atom is 0.265 e. The van der Waals surface area contributed by atoms with Crippen molar-refractivity contribution in [1.82, 2.24) is 5.32 Å². The van der Waals surface area contributed by atoms with E-state index in [9.17, 15) is 9.59 Å². The van der Waals surface area contributed by atoms with E-state index in [1.807, 2.05) is 49.4 Å². The Kier molecular flexibility index (Phi) is 7.02. The van der Waals surface area contributed by atoms with Gasteiger partial charge in [-0.25, -0.2) is 0 Å². The molecule has 3 aromatic carbocycles. The Hall–Kier alpha value is -3.38. The first-order valence-electron chi connectivity index (χ1n) is 11.1. The summed E-state index contributed by atoms with van der Waals surface area (Å²) in [5.41, 5.74) is 0.876. The predicted molar refractivity (Wildman–Crippen MR) is 125 cm³/mol. The van der Waals surface area contributed by atoms with Crippen molar-refractivity contribution in [3.05, 3.63) is 72.3 Å². The number of carbonyl (C=O) groups excluding carboxylic acids is 2. The Labute approximate surface area is 187 Å². The summed E-state index contributed by atoms with van der Waals surface area (Å²) in [7, 11) is 0. The normalized spacial score (nSPS) is 16.5. The molecule has 2 amide bonds. The van der Waals surface area contributed by atoms with Gasteiger partial charge in [0.15, 0.2) is 6.10 Å². The number of ether oxygens (including phenoxy) is 2. The van der Waals surface area contributed by atoms with Crippen LogP contribution in [0.5, 0.6) is 5.75 Å². The second-order valence-electron chi connectivity index (χ2n) is 7.87. The topological polar surface area (TPSA) is 76.7 Å². The zero-order valence-electron chi connectivity index (χ0n) is 18.2. The summed E-state index contributed by atoms with van der Waals surface area (Å²) in [6.07, 6.45) is 1.82. The lowest BCUT2D eigenvalue weighted by molar-refractivity contribution is -0.122. The molecule has 0 saturated carbocycles. The van der Waals surface area contributed by atoms with Gasteiger partial charge < -0.3 is 20.1 Å². The van der Waals surface area contributed by atoms with E-state index in [-0.39, 0.29) is 17.9 Å². The Balaban J connectivity index is 1.45. The van der Waals surface area contributed by atoms with Crippen LogP contribution in [-0.4, -0.2) is 37.2 Å². The average Bonchev–Trinajstić information content (AvgIpc) is 3.35. The fraction of sp³-hybridized carbons (Fsp3) is 0.308. The van der Waals surface area contributed by atoms with Crippen LogP contribution < -0.4 is 15.4 Å².